The van der Waals surface area contributed by atoms with Crippen molar-refractivity contribution in [3.05, 3.63) is 46.4 Å². The van der Waals surface area contributed by atoms with Gasteiger partial charge in [0.25, 0.3) is 0 Å². The molecule has 2 aromatic heterocycles. The number of fused-ring (bicyclic) bond motifs is 3. The van der Waals surface area contributed by atoms with Crippen LogP contribution in [-0.4, -0.2) is 16.0 Å². The first-order valence-corrected chi connectivity index (χ1v) is 9.10. The molecule has 24 heavy (non-hydrogen) atoms. The van der Waals surface area contributed by atoms with Gasteiger partial charge in [0, 0.05) is 10.7 Å². The molecule has 2 heterocycles. The fourth-order valence-corrected chi connectivity index (χ4v) is 4.46. The quantitative estimate of drug-likeness (QED) is 0.486. The van der Waals surface area contributed by atoms with E-state index in [1.54, 1.807) is 35.6 Å². The Bertz CT molecular complexity index is 1060. The third-order valence-electron chi connectivity index (χ3n) is 3.34. The number of halogens is 1. The second-order valence-electron chi connectivity index (χ2n) is 5.10. The molecule has 0 saturated heterocycles. The van der Waals surface area contributed by atoms with Crippen LogP contribution in [0.25, 0.3) is 20.4 Å². The van der Waals surface area contributed by atoms with Crippen LogP contribution >= 0.6 is 34.3 Å². The molecule has 0 aliphatic carbocycles. The highest BCUT2D eigenvalue weighted by Gasteiger charge is 2.12. The van der Waals surface area contributed by atoms with Crippen molar-refractivity contribution in [1.82, 2.24) is 9.97 Å². The van der Waals surface area contributed by atoms with Gasteiger partial charge in [-0.2, -0.15) is 0 Å². The lowest BCUT2D eigenvalue weighted by Gasteiger charge is -2.04. The summed E-state index contributed by atoms with van der Waals surface area (Å²) in [5.74, 6) is 0. The number of nitrogens with one attached hydrogen (secondary N) is 2. The summed E-state index contributed by atoms with van der Waals surface area (Å²) in [6.07, 6.45) is 0. The third-order valence-corrected chi connectivity index (χ3v) is 5.73. The number of rotatable bonds is 2. The lowest BCUT2D eigenvalue weighted by atomic mass is 10.3. The minimum Gasteiger partial charge on any atom is -0.308 e. The number of thiazole rings is 2. The molecule has 0 radical (unpaired) electrons. The molecule has 8 heteroatoms. The molecule has 0 atom stereocenters. The second kappa shape index (κ2) is 6.01. The Morgan fingerprint density at radius 1 is 0.958 bits per heavy atom. The Labute approximate surface area is 150 Å². The van der Waals surface area contributed by atoms with Gasteiger partial charge >= 0.3 is 6.03 Å². The molecule has 2 N–H and O–H groups in total. The van der Waals surface area contributed by atoms with Gasteiger partial charge in [-0.15, -0.1) is 11.3 Å². The van der Waals surface area contributed by atoms with Crippen molar-refractivity contribution in [3.8, 4) is 0 Å². The fraction of sp³-hybridized carbons (Fsp3) is 0.0625. The van der Waals surface area contributed by atoms with Gasteiger partial charge in [-0.25, -0.2) is 14.8 Å². The van der Waals surface area contributed by atoms with E-state index >= 15 is 0 Å². The van der Waals surface area contributed by atoms with E-state index in [1.807, 2.05) is 19.1 Å². The van der Waals surface area contributed by atoms with E-state index in [9.17, 15) is 4.79 Å². The van der Waals surface area contributed by atoms with Crippen LogP contribution in [-0.2, 0) is 0 Å². The maximum Gasteiger partial charge on any atom is 0.325 e. The predicted octanol–water partition coefficient (Wildman–Crippen LogP) is 5.51. The molecule has 4 rings (SSSR count). The summed E-state index contributed by atoms with van der Waals surface area (Å²) in [5, 5.41) is 7.71. The van der Waals surface area contributed by atoms with Crippen LogP contribution in [0.1, 0.15) is 5.01 Å². The minimum absolute atomic E-state index is 0.340. The maximum atomic E-state index is 12.1. The number of aryl methyl sites for hydroxylation is 1. The lowest BCUT2D eigenvalue weighted by Crippen LogP contribution is -2.19. The van der Waals surface area contributed by atoms with E-state index in [2.05, 4.69) is 20.6 Å². The molecule has 0 saturated carbocycles. The van der Waals surface area contributed by atoms with Gasteiger partial charge in [-0.3, -0.25) is 5.32 Å². The Kier molecular flexibility index (Phi) is 3.84. The summed E-state index contributed by atoms with van der Waals surface area (Å²) in [6.45, 7) is 1.98. The van der Waals surface area contributed by atoms with Gasteiger partial charge in [0.05, 0.1) is 25.4 Å². The molecule has 0 fully saturated rings. The molecular weight excluding hydrogens is 364 g/mol. The number of hydrogen-bond acceptors (Lipinski definition) is 5. The van der Waals surface area contributed by atoms with Gasteiger partial charge in [-0.1, -0.05) is 22.9 Å². The maximum absolute atomic E-state index is 12.1. The van der Waals surface area contributed by atoms with Crippen molar-refractivity contribution < 1.29 is 4.79 Å². The zero-order valence-electron chi connectivity index (χ0n) is 12.5. The van der Waals surface area contributed by atoms with Crippen LogP contribution < -0.4 is 10.6 Å². The van der Waals surface area contributed by atoms with Crippen LogP contribution in [0.15, 0.2) is 36.4 Å². The van der Waals surface area contributed by atoms with E-state index in [4.69, 9.17) is 11.6 Å². The Morgan fingerprint density at radius 3 is 2.38 bits per heavy atom. The molecule has 5 nitrogen and oxygen atoms in total. The van der Waals surface area contributed by atoms with Crippen molar-refractivity contribution in [3.63, 3.8) is 0 Å². The number of urea groups is 1. The van der Waals surface area contributed by atoms with Crippen LogP contribution in [0.3, 0.4) is 0 Å². The minimum atomic E-state index is -0.340. The van der Waals surface area contributed by atoms with Crippen LogP contribution in [0, 0.1) is 6.92 Å². The average molecular weight is 375 g/mol. The van der Waals surface area contributed by atoms with Crippen LogP contribution in [0.2, 0.25) is 5.02 Å². The van der Waals surface area contributed by atoms with Crippen LogP contribution in [0.5, 0.6) is 0 Å². The highest BCUT2D eigenvalue weighted by atomic mass is 35.5. The van der Waals surface area contributed by atoms with Gasteiger partial charge in [0.2, 0.25) is 0 Å². The van der Waals surface area contributed by atoms with Gasteiger partial charge in [0.1, 0.15) is 0 Å². The molecule has 0 unspecified atom stereocenters. The Balaban J connectivity index is 1.58. The molecule has 0 bridgehead atoms. The largest absolute Gasteiger partial charge is 0.325 e. The van der Waals surface area contributed by atoms with Gasteiger partial charge in [0.15, 0.2) is 5.13 Å². The molecule has 2 aromatic carbocycles. The second-order valence-corrected chi connectivity index (χ2v) is 7.74. The summed E-state index contributed by atoms with van der Waals surface area (Å²) in [5.41, 5.74) is 2.49. The molecular formula is C16H11ClN4OS2. The van der Waals surface area contributed by atoms with Crippen molar-refractivity contribution in [2.45, 2.75) is 6.92 Å². The SMILES string of the molecule is Cc1nc2ccc3nc(NC(=O)Nc4ccc(Cl)cc4)sc3c2s1. The van der Waals surface area contributed by atoms with E-state index < -0.39 is 0 Å². The number of hydrogen-bond donors (Lipinski definition) is 2. The molecule has 0 spiro atoms. The third kappa shape index (κ3) is 2.93. The summed E-state index contributed by atoms with van der Waals surface area (Å²) < 4.78 is 2.15. The topological polar surface area (TPSA) is 66.9 Å². The van der Waals surface area contributed by atoms with Crippen molar-refractivity contribution in [1.29, 1.82) is 0 Å². The summed E-state index contributed by atoms with van der Waals surface area (Å²) >= 11 is 8.92. The molecule has 0 aliphatic rings. The first kappa shape index (κ1) is 15.3. The van der Waals surface area contributed by atoms with E-state index in [1.165, 1.54) is 11.3 Å². The number of carbonyl (C=O) groups is 1. The standard InChI is InChI=1S/C16H11ClN4OS2/c1-8-18-11-6-7-12-14(13(11)23-8)24-16(20-12)21-15(22)19-10-4-2-9(17)3-5-10/h2-7H,1H3,(H2,19,20,21,22). The first-order chi connectivity index (χ1) is 11.6. The number of carbonyl (C=O) groups excluding carboxylic acids is 1. The molecule has 2 amide bonds. The summed E-state index contributed by atoms with van der Waals surface area (Å²) in [4.78, 5) is 21.1. The number of nitrogens with zero attached hydrogens (tertiary/aromatic N) is 2. The number of benzene rings is 2. The highest BCUT2D eigenvalue weighted by Crippen LogP contribution is 2.35. The first-order valence-electron chi connectivity index (χ1n) is 7.09. The van der Waals surface area contributed by atoms with Gasteiger partial charge in [-0.05, 0) is 43.3 Å². The zero-order valence-corrected chi connectivity index (χ0v) is 14.9. The van der Waals surface area contributed by atoms with Crippen LogP contribution in [0.4, 0.5) is 15.6 Å². The fourth-order valence-electron chi connectivity index (χ4n) is 2.33. The lowest BCUT2D eigenvalue weighted by molar-refractivity contribution is 0.262. The number of aromatic nitrogens is 2. The van der Waals surface area contributed by atoms with E-state index in [-0.39, 0.29) is 6.03 Å². The summed E-state index contributed by atoms with van der Waals surface area (Å²) in [7, 11) is 0. The number of amides is 2. The number of anilines is 2. The van der Waals surface area contributed by atoms with Crippen molar-refractivity contribution in [2.24, 2.45) is 0 Å². The average Bonchev–Trinajstić information content (AvgIpc) is 3.11. The predicted molar refractivity (Wildman–Crippen MR) is 102 cm³/mol. The van der Waals surface area contributed by atoms with Crippen molar-refractivity contribution in [2.75, 3.05) is 10.6 Å². The monoisotopic (exact) mass is 374 g/mol. The van der Waals surface area contributed by atoms with E-state index in [0.29, 0.717) is 15.8 Å². The normalized spacial score (nSPS) is 11.1. The summed E-state index contributed by atoms with van der Waals surface area (Å²) in [6, 6.07) is 10.5. The highest BCUT2D eigenvalue weighted by molar-refractivity contribution is 7.28. The molecule has 4 aromatic rings. The molecule has 0 aliphatic heterocycles. The molecule has 120 valence electrons. The zero-order chi connectivity index (χ0) is 16.7. The Morgan fingerprint density at radius 2 is 1.62 bits per heavy atom. The smallest absolute Gasteiger partial charge is 0.308 e. The van der Waals surface area contributed by atoms with Gasteiger partial charge < -0.3 is 5.32 Å². The van der Waals surface area contributed by atoms with E-state index in [0.717, 1.165) is 25.4 Å². The Hall–Kier alpha value is -2.22. The van der Waals surface area contributed by atoms with Crippen molar-refractivity contribution >= 4 is 71.6 Å².